The minimum absolute atomic E-state index is 0.149. The minimum Gasteiger partial charge on any atom is -0.497 e. The number of rotatable bonds is 3. The van der Waals surface area contributed by atoms with Crippen molar-refractivity contribution in [1.29, 1.82) is 0 Å². The smallest absolute Gasteiger partial charge is 0.186 e. The van der Waals surface area contributed by atoms with Crippen LogP contribution in [0.4, 0.5) is 5.69 Å². The predicted octanol–water partition coefficient (Wildman–Crippen LogP) is 2.88. The van der Waals surface area contributed by atoms with Crippen molar-refractivity contribution in [3.05, 3.63) is 60.6 Å². The number of benzene rings is 1. The van der Waals surface area contributed by atoms with E-state index in [1.54, 1.807) is 7.11 Å². The molecule has 3 aliphatic heterocycles. The van der Waals surface area contributed by atoms with Crippen molar-refractivity contribution in [2.75, 3.05) is 18.6 Å². The molecule has 1 aromatic carbocycles. The van der Waals surface area contributed by atoms with Crippen molar-refractivity contribution in [3.63, 3.8) is 0 Å². The van der Waals surface area contributed by atoms with Crippen LogP contribution in [-0.4, -0.2) is 39.3 Å². The number of nitrogens with zero attached hydrogens (tertiary/aromatic N) is 5. The molecule has 1 unspecified atom stereocenters. The van der Waals surface area contributed by atoms with E-state index in [1.165, 1.54) is 12.1 Å². The van der Waals surface area contributed by atoms with Gasteiger partial charge in [0.15, 0.2) is 6.29 Å². The lowest BCUT2D eigenvalue weighted by atomic mass is 10.2. The Morgan fingerprint density at radius 3 is 3.16 bits per heavy atom. The molecule has 0 N–H and O–H groups in total. The number of ether oxygens (including phenoxy) is 1. The van der Waals surface area contributed by atoms with E-state index in [9.17, 15) is 0 Å². The van der Waals surface area contributed by atoms with Crippen LogP contribution < -0.4 is 9.64 Å². The monoisotopic (exact) mass is 335 g/mol. The molecule has 0 aliphatic carbocycles. The van der Waals surface area contributed by atoms with Crippen LogP contribution >= 0.6 is 0 Å². The second-order valence-electron chi connectivity index (χ2n) is 6.60. The normalized spacial score (nSPS) is 21.4. The van der Waals surface area contributed by atoms with E-state index in [0.29, 0.717) is 0 Å². The number of allylic oxidation sites excluding steroid dienone is 1. The van der Waals surface area contributed by atoms with Crippen LogP contribution in [-0.2, 0) is 6.67 Å². The van der Waals surface area contributed by atoms with Gasteiger partial charge in [-0.15, -0.1) is 0 Å². The highest BCUT2D eigenvalue weighted by Crippen LogP contribution is 2.38. The van der Waals surface area contributed by atoms with Gasteiger partial charge in [-0.3, -0.25) is 0 Å². The first-order chi connectivity index (χ1) is 12.3. The fourth-order valence-electron chi connectivity index (χ4n) is 3.95. The quantitative estimate of drug-likeness (QED) is 0.862. The summed E-state index contributed by atoms with van der Waals surface area (Å²) in [5.74, 6) is 1.89. The molecule has 3 aliphatic rings. The third kappa shape index (κ3) is 2.28. The molecule has 128 valence electrons. The zero-order valence-electron chi connectivity index (χ0n) is 14.2. The predicted molar refractivity (Wildman–Crippen MR) is 96.4 cm³/mol. The number of anilines is 1. The molecule has 5 rings (SSSR count). The highest BCUT2D eigenvalue weighted by molar-refractivity contribution is 5.56. The summed E-state index contributed by atoms with van der Waals surface area (Å²) in [6.45, 7) is 1.90. The Hall–Kier alpha value is -2.89. The van der Waals surface area contributed by atoms with E-state index in [4.69, 9.17) is 4.74 Å². The average Bonchev–Trinajstić information content (AvgIpc) is 3.36. The zero-order valence-corrected chi connectivity index (χ0v) is 14.2. The Morgan fingerprint density at radius 1 is 1.28 bits per heavy atom. The summed E-state index contributed by atoms with van der Waals surface area (Å²) >= 11 is 0. The van der Waals surface area contributed by atoms with Gasteiger partial charge in [0.1, 0.15) is 11.6 Å². The summed E-state index contributed by atoms with van der Waals surface area (Å²) in [4.78, 5) is 11.6. The molecule has 0 amide bonds. The third-order valence-corrected chi connectivity index (χ3v) is 5.14. The lowest BCUT2D eigenvalue weighted by Gasteiger charge is -2.41. The third-order valence-electron chi connectivity index (χ3n) is 5.14. The van der Waals surface area contributed by atoms with Crippen molar-refractivity contribution >= 4 is 11.8 Å². The van der Waals surface area contributed by atoms with E-state index in [0.717, 1.165) is 36.9 Å². The van der Waals surface area contributed by atoms with Crippen LogP contribution in [0, 0.1) is 0 Å². The maximum Gasteiger partial charge on any atom is 0.186 e. The van der Waals surface area contributed by atoms with Gasteiger partial charge in [-0.1, -0.05) is 6.07 Å². The minimum atomic E-state index is 0.149. The molecule has 6 heteroatoms. The van der Waals surface area contributed by atoms with Gasteiger partial charge < -0.3 is 24.0 Å². The van der Waals surface area contributed by atoms with Crippen LogP contribution in [0.15, 0.2) is 54.8 Å². The van der Waals surface area contributed by atoms with E-state index < -0.39 is 0 Å². The summed E-state index contributed by atoms with van der Waals surface area (Å²) in [5, 5.41) is 0. The van der Waals surface area contributed by atoms with Gasteiger partial charge in [-0.05, 0) is 31.1 Å². The SMILES string of the molecule is COc1cccc(N2C=C3CCCN3C2N2C=Cc3nccn3C2)c1. The Kier molecular flexibility index (Phi) is 3.23. The first-order valence-electron chi connectivity index (χ1n) is 8.68. The van der Waals surface area contributed by atoms with E-state index >= 15 is 0 Å². The number of aromatic nitrogens is 2. The van der Waals surface area contributed by atoms with Gasteiger partial charge in [0.05, 0.1) is 13.8 Å². The summed E-state index contributed by atoms with van der Waals surface area (Å²) in [6, 6.07) is 8.28. The fraction of sp³-hybridized carbons (Fsp3) is 0.316. The average molecular weight is 335 g/mol. The summed E-state index contributed by atoms with van der Waals surface area (Å²) in [6.07, 6.45) is 13.0. The molecule has 2 aromatic rings. The molecular weight excluding hydrogens is 314 g/mol. The fourth-order valence-corrected chi connectivity index (χ4v) is 3.95. The molecule has 6 nitrogen and oxygen atoms in total. The van der Waals surface area contributed by atoms with Crippen LogP contribution in [0.3, 0.4) is 0 Å². The van der Waals surface area contributed by atoms with Crippen LogP contribution in [0.25, 0.3) is 6.08 Å². The van der Waals surface area contributed by atoms with Crippen LogP contribution in [0.5, 0.6) is 5.75 Å². The maximum atomic E-state index is 5.42. The lowest BCUT2D eigenvalue weighted by Crippen LogP contribution is -2.51. The Bertz CT molecular complexity index is 855. The van der Waals surface area contributed by atoms with Crippen LogP contribution in [0.1, 0.15) is 18.7 Å². The molecule has 1 fully saturated rings. The molecule has 0 spiro atoms. The number of methoxy groups -OCH3 is 1. The van der Waals surface area contributed by atoms with Crippen molar-refractivity contribution < 1.29 is 4.74 Å². The summed E-state index contributed by atoms with van der Waals surface area (Å²) in [5.41, 5.74) is 2.56. The molecule has 25 heavy (non-hydrogen) atoms. The largest absolute Gasteiger partial charge is 0.497 e. The lowest BCUT2D eigenvalue weighted by molar-refractivity contribution is 0.110. The first kappa shape index (κ1) is 14.5. The number of imidazole rings is 1. The maximum absolute atomic E-state index is 5.42. The summed E-state index contributed by atoms with van der Waals surface area (Å²) < 4.78 is 7.60. The number of fused-ring (bicyclic) bond motifs is 2. The molecular formula is C19H21N5O. The molecule has 0 radical (unpaired) electrons. The molecule has 0 bridgehead atoms. The molecule has 0 saturated carbocycles. The Morgan fingerprint density at radius 2 is 2.24 bits per heavy atom. The zero-order chi connectivity index (χ0) is 16.8. The first-order valence-corrected chi connectivity index (χ1v) is 8.68. The van der Waals surface area contributed by atoms with Gasteiger partial charge in [-0.2, -0.15) is 0 Å². The second kappa shape index (κ2) is 5.58. The topological polar surface area (TPSA) is 36.8 Å². The highest BCUT2D eigenvalue weighted by atomic mass is 16.5. The number of hydrogen-bond donors (Lipinski definition) is 0. The van der Waals surface area contributed by atoms with Crippen molar-refractivity contribution in [3.8, 4) is 5.75 Å². The van der Waals surface area contributed by atoms with Crippen molar-refractivity contribution in [2.24, 2.45) is 0 Å². The van der Waals surface area contributed by atoms with Crippen molar-refractivity contribution in [1.82, 2.24) is 19.4 Å². The van der Waals surface area contributed by atoms with Gasteiger partial charge in [0.2, 0.25) is 0 Å². The Labute approximate surface area is 147 Å². The van der Waals surface area contributed by atoms with E-state index in [-0.39, 0.29) is 6.29 Å². The van der Waals surface area contributed by atoms with E-state index in [2.05, 4.69) is 54.9 Å². The molecule has 1 saturated heterocycles. The number of hydrogen-bond acceptors (Lipinski definition) is 5. The van der Waals surface area contributed by atoms with Crippen LogP contribution in [0.2, 0.25) is 0 Å². The van der Waals surface area contributed by atoms with Gasteiger partial charge in [0, 0.05) is 48.8 Å². The second-order valence-corrected chi connectivity index (χ2v) is 6.60. The summed E-state index contributed by atoms with van der Waals surface area (Å²) in [7, 11) is 1.71. The van der Waals surface area contributed by atoms with Gasteiger partial charge in [0.25, 0.3) is 0 Å². The molecule has 1 atom stereocenters. The van der Waals surface area contributed by atoms with Crippen molar-refractivity contribution in [2.45, 2.75) is 25.8 Å². The van der Waals surface area contributed by atoms with Gasteiger partial charge in [-0.25, -0.2) is 4.98 Å². The van der Waals surface area contributed by atoms with E-state index in [1.807, 2.05) is 24.5 Å². The molecule has 1 aromatic heterocycles. The molecule has 4 heterocycles. The van der Waals surface area contributed by atoms with Gasteiger partial charge >= 0.3 is 0 Å². The standard InChI is InChI=1S/C19H21N5O/c1-25-17-6-2-4-15(12-17)24-13-16-5-3-9-23(16)19(24)22-10-7-18-20-8-11-21(18)14-22/h2,4,6-8,10-13,19H,3,5,9,14H2,1H3. The highest BCUT2D eigenvalue weighted by Gasteiger charge is 2.39. The Balaban J connectivity index is 1.51.